The van der Waals surface area contributed by atoms with Crippen molar-refractivity contribution < 1.29 is 0 Å². The number of nitrogens with zero attached hydrogens (tertiary/aromatic N) is 2. The number of thiophene rings is 1. The van der Waals surface area contributed by atoms with Crippen LogP contribution in [0.4, 0.5) is 5.69 Å². The van der Waals surface area contributed by atoms with Crippen LogP contribution in [-0.2, 0) is 13.1 Å². The minimum Gasteiger partial charge on any atom is -0.369 e. The summed E-state index contributed by atoms with van der Waals surface area (Å²) in [6.07, 6.45) is 1.87. The van der Waals surface area contributed by atoms with E-state index in [4.69, 9.17) is 11.6 Å². The Morgan fingerprint density at radius 3 is 2.81 bits per heavy atom. The first-order valence-electron chi connectivity index (χ1n) is 7.15. The second kappa shape index (κ2) is 7.78. The molecule has 2 rings (SSSR count). The van der Waals surface area contributed by atoms with Crippen LogP contribution in [0.2, 0.25) is 4.34 Å². The van der Waals surface area contributed by atoms with Gasteiger partial charge in [-0.15, -0.1) is 11.3 Å². The molecule has 0 bridgehead atoms. The standard InChI is InChI=1S/C16H22ClN3S/c1-12(2)9-18-10-13-8-14(6-7-19-13)20(3)11-15-4-5-16(17)21-15/h4-8,12,18H,9-11H2,1-3H3. The van der Waals surface area contributed by atoms with Gasteiger partial charge in [-0.05, 0) is 36.7 Å². The van der Waals surface area contributed by atoms with Gasteiger partial charge in [-0.25, -0.2) is 0 Å². The van der Waals surface area contributed by atoms with E-state index in [0.717, 1.165) is 29.7 Å². The Labute approximate surface area is 136 Å². The van der Waals surface area contributed by atoms with Gasteiger partial charge >= 0.3 is 0 Å². The van der Waals surface area contributed by atoms with Gasteiger partial charge in [-0.1, -0.05) is 25.4 Å². The molecule has 2 aromatic heterocycles. The van der Waals surface area contributed by atoms with E-state index in [9.17, 15) is 0 Å². The van der Waals surface area contributed by atoms with Crippen molar-refractivity contribution in [1.29, 1.82) is 0 Å². The Morgan fingerprint density at radius 1 is 1.33 bits per heavy atom. The van der Waals surface area contributed by atoms with Crippen LogP contribution in [0.1, 0.15) is 24.4 Å². The molecule has 0 aliphatic rings. The Balaban J connectivity index is 1.95. The minimum atomic E-state index is 0.652. The molecule has 0 saturated carbocycles. The number of hydrogen-bond acceptors (Lipinski definition) is 4. The lowest BCUT2D eigenvalue weighted by Gasteiger charge is -2.19. The summed E-state index contributed by atoms with van der Waals surface area (Å²) in [5.41, 5.74) is 2.25. The van der Waals surface area contributed by atoms with Crippen molar-refractivity contribution in [2.45, 2.75) is 26.9 Å². The maximum Gasteiger partial charge on any atom is 0.0931 e. The van der Waals surface area contributed by atoms with E-state index in [1.165, 1.54) is 10.6 Å². The molecule has 0 saturated heterocycles. The summed E-state index contributed by atoms with van der Waals surface area (Å²) < 4.78 is 0.840. The largest absolute Gasteiger partial charge is 0.369 e. The molecule has 1 N–H and O–H groups in total. The SMILES string of the molecule is CC(C)CNCc1cc(N(C)Cc2ccc(Cl)s2)ccn1. The fourth-order valence-electron chi connectivity index (χ4n) is 2.05. The van der Waals surface area contributed by atoms with Crippen molar-refractivity contribution in [3.63, 3.8) is 0 Å². The van der Waals surface area contributed by atoms with Gasteiger partial charge < -0.3 is 10.2 Å². The summed E-state index contributed by atoms with van der Waals surface area (Å²) >= 11 is 7.61. The van der Waals surface area contributed by atoms with Gasteiger partial charge in [0.15, 0.2) is 0 Å². The van der Waals surface area contributed by atoms with Gasteiger partial charge in [0, 0.05) is 30.4 Å². The topological polar surface area (TPSA) is 28.2 Å². The van der Waals surface area contributed by atoms with Crippen molar-refractivity contribution in [1.82, 2.24) is 10.3 Å². The molecule has 0 aliphatic carbocycles. The van der Waals surface area contributed by atoms with Crippen molar-refractivity contribution >= 4 is 28.6 Å². The van der Waals surface area contributed by atoms with Gasteiger partial charge in [-0.2, -0.15) is 0 Å². The Hall–Kier alpha value is -1.10. The maximum atomic E-state index is 5.98. The molecule has 2 heterocycles. The highest BCUT2D eigenvalue weighted by atomic mass is 35.5. The zero-order valence-corrected chi connectivity index (χ0v) is 14.3. The molecule has 0 atom stereocenters. The van der Waals surface area contributed by atoms with Gasteiger partial charge in [0.25, 0.3) is 0 Å². The average molecular weight is 324 g/mol. The highest BCUT2D eigenvalue weighted by Gasteiger charge is 2.06. The molecule has 0 unspecified atom stereocenters. The van der Waals surface area contributed by atoms with Crippen LogP contribution in [0.5, 0.6) is 0 Å². The molecule has 0 fully saturated rings. The van der Waals surface area contributed by atoms with Gasteiger partial charge in [0.05, 0.1) is 16.6 Å². The molecule has 0 spiro atoms. The van der Waals surface area contributed by atoms with Crippen LogP contribution >= 0.6 is 22.9 Å². The second-order valence-corrected chi connectivity index (χ2v) is 7.39. The molecular weight excluding hydrogens is 302 g/mol. The predicted molar refractivity (Wildman–Crippen MR) is 92.2 cm³/mol. The van der Waals surface area contributed by atoms with Crippen LogP contribution in [0.25, 0.3) is 0 Å². The molecule has 2 aromatic rings. The van der Waals surface area contributed by atoms with Gasteiger partial charge in [0.1, 0.15) is 0 Å². The quantitative estimate of drug-likeness (QED) is 0.828. The summed E-state index contributed by atoms with van der Waals surface area (Å²) in [7, 11) is 2.09. The molecular formula is C16H22ClN3S. The van der Waals surface area contributed by atoms with E-state index in [-0.39, 0.29) is 0 Å². The first-order chi connectivity index (χ1) is 10.0. The third kappa shape index (κ3) is 5.30. The smallest absolute Gasteiger partial charge is 0.0931 e. The number of anilines is 1. The summed E-state index contributed by atoms with van der Waals surface area (Å²) in [6.45, 7) is 7.09. The first kappa shape index (κ1) is 16.3. The molecule has 21 heavy (non-hydrogen) atoms. The molecule has 0 aromatic carbocycles. The summed E-state index contributed by atoms with van der Waals surface area (Å²) in [5, 5.41) is 3.42. The zero-order chi connectivity index (χ0) is 15.2. The molecule has 0 aliphatic heterocycles. The van der Waals surface area contributed by atoms with Gasteiger partial charge in [0.2, 0.25) is 0 Å². The molecule has 0 amide bonds. The first-order valence-corrected chi connectivity index (χ1v) is 8.35. The molecule has 114 valence electrons. The van der Waals surface area contributed by atoms with Crippen LogP contribution in [-0.4, -0.2) is 18.6 Å². The number of aromatic nitrogens is 1. The highest BCUT2D eigenvalue weighted by Crippen LogP contribution is 2.24. The van der Waals surface area contributed by atoms with Gasteiger partial charge in [-0.3, -0.25) is 4.98 Å². The van der Waals surface area contributed by atoms with Crippen LogP contribution in [0, 0.1) is 5.92 Å². The highest BCUT2D eigenvalue weighted by molar-refractivity contribution is 7.16. The van der Waals surface area contributed by atoms with Crippen molar-refractivity contribution in [2.75, 3.05) is 18.5 Å². The minimum absolute atomic E-state index is 0.652. The van der Waals surface area contributed by atoms with E-state index in [0.29, 0.717) is 5.92 Å². The second-order valence-electron chi connectivity index (χ2n) is 5.59. The van der Waals surface area contributed by atoms with E-state index < -0.39 is 0 Å². The Morgan fingerprint density at radius 2 is 2.14 bits per heavy atom. The number of nitrogens with one attached hydrogen (secondary N) is 1. The van der Waals surface area contributed by atoms with Crippen LogP contribution in [0.15, 0.2) is 30.5 Å². The normalized spacial score (nSPS) is 11.1. The number of halogens is 1. The zero-order valence-electron chi connectivity index (χ0n) is 12.8. The van der Waals surface area contributed by atoms with E-state index in [2.05, 4.69) is 48.2 Å². The van der Waals surface area contributed by atoms with Crippen LogP contribution in [0.3, 0.4) is 0 Å². The summed E-state index contributed by atoms with van der Waals surface area (Å²) in [4.78, 5) is 7.90. The summed E-state index contributed by atoms with van der Waals surface area (Å²) in [6, 6.07) is 8.21. The van der Waals surface area contributed by atoms with E-state index >= 15 is 0 Å². The molecule has 5 heteroatoms. The van der Waals surface area contributed by atoms with E-state index in [1.807, 2.05) is 18.3 Å². The summed E-state index contributed by atoms with van der Waals surface area (Å²) in [5.74, 6) is 0.652. The van der Waals surface area contributed by atoms with Crippen molar-refractivity contribution in [2.24, 2.45) is 5.92 Å². The van der Waals surface area contributed by atoms with E-state index in [1.54, 1.807) is 11.3 Å². The Bertz CT molecular complexity index is 568. The maximum absolute atomic E-state index is 5.98. The predicted octanol–water partition coefficient (Wildman–Crippen LogP) is 4.18. The lowest BCUT2D eigenvalue weighted by molar-refractivity contribution is 0.548. The number of rotatable bonds is 7. The number of hydrogen-bond donors (Lipinski definition) is 1. The Kier molecular flexibility index (Phi) is 6.03. The fourth-order valence-corrected chi connectivity index (χ4v) is 3.19. The fraction of sp³-hybridized carbons (Fsp3) is 0.438. The third-order valence-corrected chi connectivity index (χ3v) is 4.34. The third-order valence-electron chi connectivity index (χ3n) is 3.12. The monoisotopic (exact) mass is 323 g/mol. The molecule has 0 radical (unpaired) electrons. The average Bonchev–Trinajstić information content (AvgIpc) is 2.84. The van der Waals surface area contributed by atoms with Crippen molar-refractivity contribution in [3.05, 3.63) is 45.4 Å². The molecule has 3 nitrogen and oxygen atoms in total. The lowest BCUT2D eigenvalue weighted by Crippen LogP contribution is -2.20. The van der Waals surface area contributed by atoms with Crippen LogP contribution < -0.4 is 10.2 Å². The number of pyridine rings is 1. The lowest BCUT2D eigenvalue weighted by atomic mass is 10.2. The van der Waals surface area contributed by atoms with Crippen molar-refractivity contribution in [3.8, 4) is 0 Å².